The Balaban J connectivity index is 1.55. The van der Waals surface area contributed by atoms with E-state index in [0.29, 0.717) is 23.6 Å². The molecule has 1 fully saturated rings. The maximum atomic E-state index is 13.1. The molecule has 0 radical (unpaired) electrons. The van der Waals surface area contributed by atoms with Crippen molar-refractivity contribution in [2.24, 2.45) is 10.2 Å². The first-order valence-corrected chi connectivity index (χ1v) is 12.2. The van der Waals surface area contributed by atoms with Crippen molar-refractivity contribution in [1.82, 2.24) is 5.32 Å². The first kappa shape index (κ1) is 25.4. The Morgan fingerprint density at radius 1 is 1.15 bits per heavy atom. The summed E-state index contributed by atoms with van der Waals surface area (Å²) in [6.45, 7) is 4.57. The predicted octanol–water partition coefficient (Wildman–Crippen LogP) is 5.13. The summed E-state index contributed by atoms with van der Waals surface area (Å²) >= 11 is 1.14. The number of hydrogen-bond donors (Lipinski definition) is 2. The fourth-order valence-corrected chi connectivity index (χ4v) is 4.12. The van der Waals surface area contributed by atoms with Crippen LogP contribution in [0, 0.1) is 5.82 Å². The van der Waals surface area contributed by atoms with E-state index in [1.807, 2.05) is 12.1 Å². The number of benzene rings is 2. The fraction of sp³-hybridized carbons (Fsp3) is 0.360. The fourth-order valence-electron chi connectivity index (χ4n) is 3.18. The van der Waals surface area contributed by atoms with Crippen LogP contribution in [-0.2, 0) is 9.59 Å². The zero-order valence-electron chi connectivity index (χ0n) is 19.3. The molecule has 9 heteroatoms. The molecule has 1 atom stereocenters. The maximum absolute atomic E-state index is 13.1. The third-order valence-corrected chi connectivity index (χ3v) is 6.18. The summed E-state index contributed by atoms with van der Waals surface area (Å²) in [6, 6.07) is 13.1. The van der Waals surface area contributed by atoms with Gasteiger partial charge >= 0.3 is 0 Å². The van der Waals surface area contributed by atoms with E-state index in [9.17, 15) is 14.0 Å². The van der Waals surface area contributed by atoms with E-state index in [-0.39, 0.29) is 29.2 Å². The lowest BCUT2D eigenvalue weighted by Crippen LogP contribution is -2.41. The molecular formula is C25H29FN4O3S. The number of rotatable bonds is 10. The number of ether oxygens (including phenoxy) is 1. The van der Waals surface area contributed by atoms with Crippen LogP contribution in [0.1, 0.15) is 51.5 Å². The monoisotopic (exact) mass is 484 g/mol. The summed E-state index contributed by atoms with van der Waals surface area (Å²) < 4.78 is 18.8. The molecule has 1 aliphatic rings. The number of carbonyl (C=O) groups is 2. The molecule has 7 nitrogen and oxygen atoms in total. The zero-order chi connectivity index (χ0) is 24.3. The van der Waals surface area contributed by atoms with Gasteiger partial charge in [0.1, 0.15) is 16.8 Å². The van der Waals surface area contributed by atoms with Gasteiger partial charge in [-0.05, 0) is 55.3 Å². The molecule has 2 aromatic carbocycles. The Morgan fingerprint density at radius 3 is 2.59 bits per heavy atom. The van der Waals surface area contributed by atoms with Gasteiger partial charge in [0, 0.05) is 12.1 Å². The van der Waals surface area contributed by atoms with Gasteiger partial charge in [0.15, 0.2) is 5.17 Å². The minimum absolute atomic E-state index is 0.0368. The highest BCUT2D eigenvalue weighted by Gasteiger charge is 2.30. The first-order chi connectivity index (χ1) is 16.4. The summed E-state index contributed by atoms with van der Waals surface area (Å²) in [5.41, 5.74) is 1.89. The van der Waals surface area contributed by atoms with Gasteiger partial charge in [0.2, 0.25) is 11.8 Å². The second kappa shape index (κ2) is 12.9. The molecule has 180 valence electrons. The van der Waals surface area contributed by atoms with Crippen LogP contribution in [0.2, 0.25) is 0 Å². The Bertz CT molecular complexity index is 1040. The average molecular weight is 485 g/mol. The van der Waals surface area contributed by atoms with Crippen molar-refractivity contribution in [3.8, 4) is 5.75 Å². The summed E-state index contributed by atoms with van der Waals surface area (Å²) in [5.74, 6) is -0.180. The molecule has 2 aromatic rings. The molecule has 0 aliphatic carbocycles. The van der Waals surface area contributed by atoms with Gasteiger partial charge in [-0.3, -0.25) is 9.59 Å². The van der Waals surface area contributed by atoms with Crippen LogP contribution in [0.25, 0.3) is 0 Å². The molecule has 1 heterocycles. The second-order valence-corrected chi connectivity index (χ2v) is 9.07. The van der Waals surface area contributed by atoms with Crippen LogP contribution >= 0.6 is 11.8 Å². The molecule has 1 saturated heterocycles. The topological polar surface area (TPSA) is 92.1 Å². The van der Waals surface area contributed by atoms with Crippen molar-refractivity contribution in [1.29, 1.82) is 0 Å². The van der Waals surface area contributed by atoms with E-state index in [1.54, 1.807) is 31.2 Å². The SMILES string of the molecule is CCCCCCOc1ccc(NC(=O)[C@@H]2CC(=O)N/C(=N\N=C(/C)c3ccc(F)cc3)S2)cc1. The van der Waals surface area contributed by atoms with Crippen LogP contribution in [0.4, 0.5) is 10.1 Å². The normalized spacial score (nSPS) is 17.4. The van der Waals surface area contributed by atoms with Crippen LogP contribution in [0.15, 0.2) is 58.7 Å². The van der Waals surface area contributed by atoms with Crippen molar-refractivity contribution < 1.29 is 18.7 Å². The molecule has 0 saturated carbocycles. The highest BCUT2D eigenvalue weighted by Crippen LogP contribution is 2.23. The highest BCUT2D eigenvalue weighted by atomic mass is 32.2. The number of nitrogens with one attached hydrogen (secondary N) is 2. The first-order valence-electron chi connectivity index (χ1n) is 11.3. The molecule has 2 N–H and O–H groups in total. The highest BCUT2D eigenvalue weighted by molar-refractivity contribution is 8.15. The summed E-state index contributed by atoms with van der Waals surface area (Å²) in [7, 11) is 0. The van der Waals surface area contributed by atoms with E-state index in [2.05, 4.69) is 27.8 Å². The van der Waals surface area contributed by atoms with Crippen molar-refractivity contribution in [3.05, 3.63) is 59.9 Å². The summed E-state index contributed by atoms with van der Waals surface area (Å²) in [6.07, 6.45) is 4.60. The number of nitrogens with zero attached hydrogens (tertiary/aromatic N) is 2. The minimum Gasteiger partial charge on any atom is -0.494 e. The van der Waals surface area contributed by atoms with Crippen LogP contribution in [0.3, 0.4) is 0 Å². The number of thioether (sulfide) groups is 1. The maximum Gasteiger partial charge on any atom is 0.238 e. The number of anilines is 1. The lowest BCUT2D eigenvalue weighted by Gasteiger charge is -2.21. The number of hydrogen-bond acceptors (Lipinski definition) is 6. The van der Waals surface area contributed by atoms with Gasteiger partial charge in [0.05, 0.1) is 12.3 Å². The smallest absolute Gasteiger partial charge is 0.238 e. The molecule has 34 heavy (non-hydrogen) atoms. The van der Waals surface area contributed by atoms with Gasteiger partial charge in [-0.25, -0.2) is 4.39 Å². The van der Waals surface area contributed by atoms with Crippen LogP contribution in [-0.4, -0.2) is 34.6 Å². The molecule has 0 unspecified atom stereocenters. The molecular weight excluding hydrogens is 455 g/mol. The largest absolute Gasteiger partial charge is 0.494 e. The number of amidine groups is 1. The molecule has 3 rings (SSSR count). The van der Waals surface area contributed by atoms with Crippen molar-refractivity contribution in [2.45, 2.75) is 51.2 Å². The zero-order valence-corrected chi connectivity index (χ0v) is 20.2. The van der Waals surface area contributed by atoms with Crippen molar-refractivity contribution in [2.75, 3.05) is 11.9 Å². The quantitative estimate of drug-likeness (QED) is 0.278. The predicted molar refractivity (Wildman–Crippen MR) is 135 cm³/mol. The standard InChI is InChI=1S/C25H29FN4O3S/c1-3-4-5-6-15-33-21-13-11-20(12-14-21)27-24(32)22-16-23(31)28-25(34-22)30-29-17(2)18-7-9-19(26)10-8-18/h7-14,22H,3-6,15-16H2,1-2H3,(H,27,32)(H,28,30,31)/b29-17+/t22-/m0/s1. The van der Waals surface area contributed by atoms with E-state index in [4.69, 9.17) is 4.74 Å². The lowest BCUT2D eigenvalue weighted by atomic mass is 10.1. The minimum atomic E-state index is -0.636. The third kappa shape index (κ3) is 7.98. The van der Waals surface area contributed by atoms with Crippen LogP contribution in [0.5, 0.6) is 5.75 Å². The average Bonchev–Trinajstić information content (AvgIpc) is 2.83. The Kier molecular flexibility index (Phi) is 9.63. The second-order valence-electron chi connectivity index (χ2n) is 7.88. The lowest BCUT2D eigenvalue weighted by molar-refractivity contribution is -0.123. The van der Waals surface area contributed by atoms with Gasteiger partial charge in [-0.15, -0.1) is 5.10 Å². The van der Waals surface area contributed by atoms with E-state index in [1.165, 1.54) is 25.0 Å². The molecule has 1 aliphatic heterocycles. The van der Waals surface area contributed by atoms with Gasteiger partial charge in [-0.2, -0.15) is 5.10 Å². The van der Waals surface area contributed by atoms with Crippen molar-refractivity contribution >= 4 is 40.1 Å². The van der Waals surface area contributed by atoms with E-state index >= 15 is 0 Å². The van der Waals surface area contributed by atoms with Gasteiger partial charge in [0.25, 0.3) is 0 Å². The number of unbranched alkanes of at least 4 members (excludes halogenated alkanes) is 3. The van der Waals surface area contributed by atoms with Crippen LogP contribution < -0.4 is 15.4 Å². The Morgan fingerprint density at radius 2 is 1.88 bits per heavy atom. The molecule has 0 bridgehead atoms. The summed E-state index contributed by atoms with van der Waals surface area (Å²) in [4.78, 5) is 24.8. The van der Waals surface area contributed by atoms with Gasteiger partial charge < -0.3 is 15.4 Å². The Labute approximate surface area is 203 Å². The van der Waals surface area contributed by atoms with Gasteiger partial charge in [-0.1, -0.05) is 50.1 Å². The van der Waals surface area contributed by atoms with E-state index in [0.717, 1.165) is 30.4 Å². The summed E-state index contributed by atoms with van der Waals surface area (Å²) in [5, 5.41) is 13.3. The third-order valence-electron chi connectivity index (χ3n) is 5.10. The number of amides is 2. The number of halogens is 1. The van der Waals surface area contributed by atoms with E-state index < -0.39 is 5.25 Å². The number of carbonyl (C=O) groups excluding carboxylic acids is 2. The molecule has 0 aromatic heterocycles. The Hall–Kier alpha value is -3.20. The molecule has 2 amide bonds. The van der Waals surface area contributed by atoms with Crippen molar-refractivity contribution in [3.63, 3.8) is 0 Å². The molecule has 0 spiro atoms.